The van der Waals surface area contributed by atoms with Crippen molar-refractivity contribution in [2.24, 2.45) is 11.8 Å². The van der Waals surface area contributed by atoms with Crippen LogP contribution >= 0.6 is 15.9 Å². The second kappa shape index (κ2) is 5.64. The van der Waals surface area contributed by atoms with E-state index in [2.05, 4.69) is 61.1 Å². The maximum atomic E-state index is 3.79. The monoisotopic (exact) mass is 309 g/mol. The van der Waals surface area contributed by atoms with Crippen molar-refractivity contribution in [2.45, 2.75) is 53.0 Å². The van der Waals surface area contributed by atoms with Gasteiger partial charge in [-0.2, -0.15) is 0 Å². The zero-order valence-corrected chi connectivity index (χ0v) is 13.5. The molecule has 0 heterocycles. The molecule has 100 valence electrons. The Kier molecular flexibility index (Phi) is 4.37. The lowest BCUT2D eigenvalue weighted by atomic mass is 9.79. The molecule has 0 spiro atoms. The van der Waals surface area contributed by atoms with Gasteiger partial charge in [0.2, 0.25) is 0 Å². The van der Waals surface area contributed by atoms with Crippen LogP contribution in [-0.2, 0) is 0 Å². The smallest absolute Gasteiger partial charge is 0.0402 e. The topological polar surface area (TPSA) is 12.0 Å². The van der Waals surface area contributed by atoms with E-state index in [1.807, 2.05) is 0 Å². The van der Waals surface area contributed by atoms with Gasteiger partial charge in [0.25, 0.3) is 0 Å². The van der Waals surface area contributed by atoms with Crippen LogP contribution in [0.25, 0.3) is 0 Å². The summed E-state index contributed by atoms with van der Waals surface area (Å²) in [6, 6.07) is 5.04. The van der Waals surface area contributed by atoms with E-state index in [0.717, 1.165) is 11.8 Å². The van der Waals surface area contributed by atoms with Crippen LogP contribution in [0.1, 0.15) is 44.2 Å². The van der Waals surface area contributed by atoms with Crippen molar-refractivity contribution in [2.75, 3.05) is 5.32 Å². The van der Waals surface area contributed by atoms with Crippen molar-refractivity contribution >= 4 is 21.6 Å². The van der Waals surface area contributed by atoms with Crippen molar-refractivity contribution in [1.29, 1.82) is 0 Å². The minimum absolute atomic E-state index is 0.639. The number of halogens is 1. The van der Waals surface area contributed by atoms with Crippen molar-refractivity contribution in [3.8, 4) is 0 Å². The Labute approximate surface area is 119 Å². The van der Waals surface area contributed by atoms with Gasteiger partial charge in [0.15, 0.2) is 0 Å². The summed E-state index contributed by atoms with van der Waals surface area (Å²) in [5.41, 5.74) is 4.02. The molecule has 1 aromatic rings. The summed E-state index contributed by atoms with van der Waals surface area (Å²) >= 11 is 3.56. The zero-order chi connectivity index (χ0) is 13.3. The Balaban J connectivity index is 2.14. The van der Waals surface area contributed by atoms with Gasteiger partial charge in [0.1, 0.15) is 0 Å². The lowest BCUT2D eigenvalue weighted by Gasteiger charge is -2.34. The lowest BCUT2D eigenvalue weighted by Crippen LogP contribution is -2.33. The van der Waals surface area contributed by atoms with Gasteiger partial charge in [-0.05, 0) is 68.2 Å². The number of benzene rings is 1. The van der Waals surface area contributed by atoms with Crippen molar-refractivity contribution in [3.63, 3.8) is 0 Å². The van der Waals surface area contributed by atoms with Gasteiger partial charge in [-0.25, -0.2) is 0 Å². The molecule has 1 nitrogen and oxygen atoms in total. The minimum atomic E-state index is 0.639. The van der Waals surface area contributed by atoms with Gasteiger partial charge in [0, 0.05) is 16.2 Å². The van der Waals surface area contributed by atoms with E-state index < -0.39 is 0 Å². The van der Waals surface area contributed by atoms with Crippen molar-refractivity contribution in [3.05, 3.63) is 27.7 Å². The average Bonchev–Trinajstić information content (AvgIpc) is 2.25. The number of rotatable bonds is 2. The number of nitrogens with one attached hydrogen (secondary N) is 1. The second-order valence-electron chi connectivity index (χ2n) is 6.06. The fourth-order valence-corrected chi connectivity index (χ4v) is 3.89. The van der Waals surface area contributed by atoms with E-state index in [9.17, 15) is 0 Å². The fraction of sp³-hybridized carbons (Fsp3) is 0.625. The van der Waals surface area contributed by atoms with Crippen LogP contribution in [0.5, 0.6) is 0 Å². The molecule has 0 aromatic heterocycles. The maximum absolute atomic E-state index is 3.79. The molecule has 1 aliphatic rings. The van der Waals surface area contributed by atoms with E-state index in [-0.39, 0.29) is 0 Å². The summed E-state index contributed by atoms with van der Waals surface area (Å²) < 4.78 is 1.17. The van der Waals surface area contributed by atoms with Crippen LogP contribution in [0.3, 0.4) is 0 Å². The molecule has 2 rings (SSSR count). The van der Waals surface area contributed by atoms with Gasteiger partial charge in [-0.3, -0.25) is 0 Å². The average molecular weight is 310 g/mol. The van der Waals surface area contributed by atoms with E-state index in [0.29, 0.717) is 6.04 Å². The molecule has 3 unspecified atom stereocenters. The van der Waals surface area contributed by atoms with E-state index >= 15 is 0 Å². The molecular weight excluding hydrogens is 286 g/mol. The molecule has 0 aliphatic heterocycles. The minimum Gasteiger partial charge on any atom is -0.382 e. The number of aryl methyl sites for hydroxylation is 2. The van der Waals surface area contributed by atoms with Gasteiger partial charge in [0.05, 0.1) is 0 Å². The molecule has 18 heavy (non-hydrogen) atoms. The van der Waals surface area contributed by atoms with Gasteiger partial charge < -0.3 is 5.32 Å². The first-order valence-corrected chi connectivity index (χ1v) is 7.80. The Hall–Kier alpha value is -0.500. The van der Waals surface area contributed by atoms with Crippen LogP contribution in [0.2, 0.25) is 0 Å². The van der Waals surface area contributed by atoms with Crippen LogP contribution in [0, 0.1) is 25.7 Å². The van der Waals surface area contributed by atoms with Crippen LogP contribution in [0.15, 0.2) is 16.6 Å². The first-order valence-electron chi connectivity index (χ1n) is 7.00. The summed E-state index contributed by atoms with van der Waals surface area (Å²) in [4.78, 5) is 0. The molecule has 0 saturated heterocycles. The Morgan fingerprint density at radius 2 is 1.72 bits per heavy atom. The number of hydrogen-bond acceptors (Lipinski definition) is 1. The maximum Gasteiger partial charge on any atom is 0.0402 e. The molecular formula is C16H24BrN. The molecule has 0 bridgehead atoms. The van der Waals surface area contributed by atoms with Crippen LogP contribution in [-0.4, -0.2) is 6.04 Å². The summed E-state index contributed by atoms with van der Waals surface area (Å²) in [7, 11) is 0. The quantitative estimate of drug-likeness (QED) is 0.781. The SMILES string of the molecule is Cc1cc(Br)cc(C)c1NC1CCC(C)CC1C. The zero-order valence-electron chi connectivity index (χ0n) is 11.9. The lowest BCUT2D eigenvalue weighted by molar-refractivity contribution is 0.276. The van der Waals surface area contributed by atoms with Crippen molar-refractivity contribution < 1.29 is 0 Å². The third-order valence-electron chi connectivity index (χ3n) is 4.26. The van der Waals surface area contributed by atoms with E-state index in [4.69, 9.17) is 0 Å². The van der Waals surface area contributed by atoms with Gasteiger partial charge in [-0.1, -0.05) is 29.8 Å². The van der Waals surface area contributed by atoms with E-state index in [1.54, 1.807) is 0 Å². The van der Waals surface area contributed by atoms with Crippen LogP contribution < -0.4 is 5.32 Å². The normalized spacial score (nSPS) is 28.2. The highest BCUT2D eigenvalue weighted by Crippen LogP contribution is 2.33. The number of anilines is 1. The summed E-state index contributed by atoms with van der Waals surface area (Å²) in [6.07, 6.45) is 4.01. The highest BCUT2D eigenvalue weighted by atomic mass is 79.9. The Morgan fingerprint density at radius 3 is 2.28 bits per heavy atom. The highest BCUT2D eigenvalue weighted by molar-refractivity contribution is 9.10. The summed E-state index contributed by atoms with van der Waals surface area (Å²) in [6.45, 7) is 9.14. The largest absolute Gasteiger partial charge is 0.382 e. The van der Waals surface area contributed by atoms with Gasteiger partial charge in [-0.15, -0.1) is 0 Å². The second-order valence-corrected chi connectivity index (χ2v) is 6.98. The standard InChI is InChI=1S/C16H24BrN/c1-10-5-6-15(11(2)7-10)18-16-12(3)8-14(17)9-13(16)4/h8-11,15,18H,5-7H2,1-4H3. The van der Waals surface area contributed by atoms with E-state index in [1.165, 1.54) is 40.5 Å². The molecule has 3 atom stereocenters. The Morgan fingerprint density at radius 1 is 1.11 bits per heavy atom. The summed E-state index contributed by atoms with van der Waals surface area (Å²) in [5, 5.41) is 3.79. The molecule has 1 N–H and O–H groups in total. The first kappa shape index (κ1) is 13.9. The summed E-state index contributed by atoms with van der Waals surface area (Å²) in [5.74, 6) is 1.67. The van der Waals surface area contributed by atoms with Gasteiger partial charge >= 0.3 is 0 Å². The number of hydrogen-bond donors (Lipinski definition) is 1. The Bertz CT molecular complexity index is 404. The predicted octanol–water partition coefficient (Wildman–Crippen LogP) is 5.30. The fourth-order valence-electron chi connectivity index (χ4n) is 3.20. The molecule has 1 fully saturated rings. The molecule has 1 saturated carbocycles. The first-order chi connectivity index (χ1) is 8.47. The van der Waals surface area contributed by atoms with Crippen molar-refractivity contribution in [1.82, 2.24) is 0 Å². The molecule has 0 radical (unpaired) electrons. The molecule has 2 heteroatoms. The third-order valence-corrected chi connectivity index (χ3v) is 4.72. The highest BCUT2D eigenvalue weighted by Gasteiger charge is 2.25. The molecule has 1 aromatic carbocycles. The predicted molar refractivity (Wildman–Crippen MR) is 83.2 cm³/mol. The molecule has 1 aliphatic carbocycles. The molecule has 0 amide bonds. The van der Waals surface area contributed by atoms with Crippen LogP contribution in [0.4, 0.5) is 5.69 Å². The third kappa shape index (κ3) is 3.09.